The van der Waals surface area contributed by atoms with E-state index < -0.39 is 10.0 Å². The molecule has 24 heavy (non-hydrogen) atoms. The van der Waals surface area contributed by atoms with Crippen LogP contribution in [-0.4, -0.2) is 38.7 Å². The predicted octanol–water partition coefficient (Wildman–Crippen LogP) is 3.49. The molecule has 6 nitrogen and oxygen atoms in total. The summed E-state index contributed by atoms with van der Waals surface area (Å²) in [6.45, 7) is 2.57. The number of anilines is 2. The van der Waals surface area contributed by atoms with Gasteiger partial charge in [0.1, 0.15) is 0 Å². The fourth-order valence-electron chi connectivity index (χ4n) is 3.04. The molecule has 0 heterocycles. The molecule has 1 aliphatic rings. The second-order valence-electron chi connectivity index (χ2n) is 6.46. The Hall–Kier alpha value is -1.76. The van der Waals surface area contributed by atoms with Crippen LogP contribution in [0.5, 0.6) is 0 Å². The molecule has 134 valence electrons. The largest absolute Gasteiger partial charge is 0.327 e. The molecule has 0 saturated heterocycles. The number of nitrogens with zero attached hydrogens (tertiary/aromatic N) is 1. The lowest BCUT2D eigenvalue weighted by Gasteiger charge is -2.21. The number of hydrogen-bond donors (Lipinski definition) is 2. The molecule has 2 amide bonds. The molecule has 0 atom stereocenters. The van der Waals surface area contributed by atoms with Gasteiger partial charge in [-0.2, -0.15) is 0 Å². The maximum absolute atomic E-state index is 12.3. The van der Waals surface area contributed by atoms with Gasteiger partial charge in [0, 0.05) is 19.3 Å². The van der Waals surface area contributed by atoms with E-state index in [9.17, 15) is 13.2 Å². The molecule has 7 heteroatoms. The molecule has 0 radical (unpaired) electrons. The van der Waals surface area contributed by atoms with Crippen LogP contribution >= 0.6 is 0 Å². The van der Waals surface area contributed by atoms with Crippen LogP contribution in [0, 0.1) is 5.92 Å². The van der Waals surface area contributed by atoms with Gasteiger partial charge >= 0.3 is 6.03 Å². The maximum atomic E-state index is 12.3. The van der Waals surface area contributed by atoms with E-state index in [4.69, 9.17) is 0 Å². The Morgan fingerprint density at radius 3 is 2.58 bits per heavy atom. The number of urea groups is 1. The standard InChI is InChI=1S/C17H27N3O3S/c1-3-11-24(22,23)19-16-10-6-9-15(12-16)18-17(21)20(2)13-14-7-4-5-8-14/h6,9-10,12,14,19H,3-5,7-8,11,13H2,1-2H3,(H,18,21). The lowest BCUT2D eigenvalue weighted by molar-refractivity contribution is 0.214. The van der Waals surface area contributed by atoms with E-state index in [2.05, 4.69) is 10.0 Å². The minimum Gasteiger partial charge on any atom is -0.327 e. The van der Waals surface area contributed by atoms with Crippen LogP contribution in [0.2, 0.25) is 0 Å². The molecule has 1 aromatic rings. The molecular formula is C17H27N3O3S. The third kappa shape index (κ3) is 5.70. The van der Waals surface area contributed by atoms with Crippen molar-refractivity contribution < 1.29 is 13.2 Å². The summed E-state index contributed by atoms with van der Waals surface area (Å²) in [5.41, 5.74) is 1.04. The molecule has 0 spiro atoms. The van der Waals surface area contributed by atoms with Gasteiger partial charge in [0.25, 0.3) is 0 Å². The van der Waals surface area contributed by atoms with Gasteiger partial charge in [-0.25, -0.2) is 13.2 Å². The summed E-state index contributed by atoms with van der Waals surface area (Å²) in [6.07, 6.45) is 5.43. The van der Waals surface area contributed by atoms with Crippen molar-refractivity contribution in [2.45, 2.75) is 39.0 Å². The lowest BCUT2D eigenvalue weighted by atomic mass is 10.1. The van der Waals surface area contributed by atoms with E-state index in [0.717, 1.165) is 6.54 Å². The molecule has 1 aliphatic carbocycles. The Morgan fingerprint density at radius 1 is 1.25 bits per heavy atom. The Bertz CT molecular complexity index is 655. The predicted molar refractivity (Wildman–Crippen MR) is 97.7 cm³/mol. The second kappa shape index (κ2) is 8.37. The highest BCUT2D eigenvalue weighted by atomic mass is 32.2. The van der Waals surface area contributed by atoms with Gasteiger partial charge in [-0.1, -0.05) is 25.8 Å². The highest BCUT2D eigenvalue weighted by Gasteiger charge is 2.19. The fraction of sp³-hybridized carbons (Fsp3) is 0.588. The fourth-order valence-corrected chi connectivity index (χ4v) is 4.17. The van der Waals surface area contributed by atoms with Crippen molar-refractivity contribution in [3.63, 3.8) is 0 Å². The highest BCUT2D eigenvalue weighted by molar-refractivity contribution is 7.92. The average Bonchev–Trinajstić information content (AvgIpc) is 2.99. The molecule has 1 aromatic carbocycles. The molecule has 0 aromatic heterocycles. The number of sulfonamides is 1. The summed E-state index contributed by atoms with van der Waals surface area (Å²) in [6, 6.07) is 6.60. The normalized spacial score (nSPS) is 15.2. The molecule has 0 unspecified atom stereocenters. The zero-order chi connectivity index (χ0) is 17.6. The topological polar surface area (TPSA) is 78.5 Å². The van der Waals surface area contributed by atoms with Gasteiger partial charge in [-0.3, -0.25) is 4.72 Å². The van der Waals surface area contributed by atoms with E-state index in [0.29, 0.717) is 23.7 Å². The summed E-state index contributed by atoms with van der Waals surface area (Å²) in [7, 11) is -1.54. The molecule has 0 bridgehead atoms. The first kappa shape index (κ1) is 18.6. The highest BCUT2D eigenvalue weighted by Crippen LogP contribution is 2.25. The van der Waals surface area contributed by atoms with Gasteiger partial charge in [0.15, 0.2) is 0 Å². The smallest absolute Gasteiger partial charge is 0.321 e. The Balaban J connectivity index is 1.94. The number of carbonyl (C=O) groups excluding carboxylic acids is 1. The summed E-state index contributed by atoms with van der Waals surface area (Å²) < 4.78 is 26.2. The SMILES string of the molecule is CCCS(=O)(=O)Nc1cccc(NC(=O)N(C)CC2CCCC2)c1. The summed E-state index contributed by atoms with van der Waals surface area (Å²) >= 11 is 0. The average molecular weight is 353 g/mol. The Morgan fingerprint density at radius 2 is 1.92 bits per heavy atom. The Kier molecular flexibility index (Phi) is 6.48. The monoisotopic (exact) mass is 353 g/mol. The van der Waals surface area contributed by atoms with E-state index >= 15 is 0 Å². The summed E-state index contributed by atoms with van der Waals surface area (Å²) in [4.78, 5) is 14.0. The van der Waals surface area contributed by atoms with E-state index in [-0.39, 0.29) is 11.8 Å². The van der Waals surface area contributed by atoms with Crippen molar-refractivity contribution >= 4 is 27.4 Å². The van der Waals surface area contributed by atoms with Crippen molar-refractivity contribution in [3.8, 4) is 0 Å². The van der Waals surface area contributed by atoms with E-state index in [1.165, 1.54) is 25.7 Å². The second-order valence-corrected chi connectivity index (χ2v) is 8.30. The van der Waals surface area contributed by atoms with E-state index in [1.807, 2.05) is 6.92 Å². The molecule has 2 rings (SSSR count). The first-order valence-electron chi connectivity index (χ1n) is 8.52. The maximum Gasteiger partial charge on any atom is 0.321 e. The van der Waals surface area contributed by atoms with Crippen molar-refractivity contribution in [2.75, 3.05) is 29.4 Å². The van der Waals surface area contributed by atoms with Crippen LogP contribution in [0.25, 0.3) is 0 Å². The zero-order valence-electron chi connectivity index (χ0n) is 14.4. The minimum atomic E-state index is -3.34. The van der Waals surface area contributed by atoms with Gasteiger partial charge in [0.05, 0.1) is 11.4 Å². The van der Waals surface area contributed by atoms with Gasteiger partial charge < -0.3 is 10.2 Å². The van der Waals surface area contributed by atoms with Crippen LogP contribution in [0.3, 0.4) is 0 Å². The van der Waals surface area contributed by atoms with Gasteiger partial charge in [-0.15, -0.1) is 0 Å². The van der Waals surface area contributed by atoms with Crippen LogP contribution in [0.15, 0.2) is 24.3 Å². The first-order valence-corrected chi connectivity index (χ1v) is 10.2. The van der Waals surface area contributed by atoms with Crippen molar-refractivity contribution in [1.82, 2.24) is 4.90 Å². The van der Waals surface area contributed by atoms with Crippen molar-refractivity contribution in [1.29, 1.82) is 0 Å². The number of hydrogen-bond acceptors (Lipinski definition) is 3. The quantitative estimate of drug-likeness (QED) is 0.787. The molecule has 0 aliphatic heterocycles. The van der Waals surface area contributed by atoms with Gasteiger partial charge in [0.2, 0.25) is 10.0 Å². The summed E-state index contributed by atoms with van der Waals surface area (Å²) in [5, 5.41) is 2.83. The zero-order valence-corrected chi connectivity index (χ0v) is 15.2. The first-order chi connectivity index (χ1) is 11.4. The van der Waals surface area contributed by atoms with Crippen LogP contribution in [0.1, 0.15) is 39.0 Å². The number of rotatable bonds is 7. The minimum absolute atomic E-state index is 0.0771. The molecule has 2 N–H and O–H groups in total. The van der Waals surface area contributed by atoms with Crippen molar-refractivity contribution in [2.24, 2.45) is 5.92 Å². The molecular weight excluding hydrogens is 326 g/mol. The van der Waals surface area contributed by atoms with E-state index in [1.54, 1.807) is 36.2 Å². The third-order valence-corrected chi connectivity index (χ3v) is 5.71. The van der Waals surface area contributed by atoms with Crippen molar-refractivity contribution in [3.05, 3.63) is 24.3 Å². The third-order valence-electron chi connectivity index (χ3n) is 4.21. The summed E-state index contributed by atoms with van der Waals surface area (Å²) in [5.74, 6) is 0.668. The number of nitrogens with one attached hydrogen (secondary N) is 2. The Labute approximate surface area is 144 Å². The van der Waals surface area contributed by atoms with Crippen LogP contribution in [-0.2, 0) is 10.0 Å². The number of benzene rings is 1. The van der Waals surface area contributed by atoms with Crippen LogP contribution in [0.4, 0.5) is 16.2 Å². The van der Waals surface area contributed by atoms with Gasteiger partial charge in [-0.05, 0) is 43.4 Å². The number of amides is 2. The molecule has 1 saturated carbocycles. The van der Waals surface area contributed by atoms with Crippen LogP contribution < -0.4 is 10.0 Å². The number of carbonyl (C=O) groups is 1. The lowest BCUT2D eigenvalue weighted by Crippen LogP contribution is -2.34. The molecule has 1 fully saturated rings.